The molecular weight excluding hydrogens is 130 g/mol. The number of hydrogen-bond donors (Lipinski definition) is 0. The standard InChI is InChI=1S/C7H11NO2/c1-7(2)6-5(3-9-7)4-10-8-6/h5H,3-4H2,1-2H3/t5-/m1/s1. The molecule has 0 amide bonds. The monoisotopic (exact) mass is 141 g/mol. The van der Waals surface area contributed by atoms with Crippen LogP contribution in [0.3, 0.4) is 0 Å². The van der Waals surface area contributed by atoms with E-state index in [1.165, 1.54) is 0 Å². The quantitative estimate of drug-likeness (QED) is 0.499. The van der Waals surface area contributed by atoms with Crippen LogP contribution in [0.5, 0.6) is 0 Å². The minimum Gasteiger partial charge on any atom is -0.395 e. The molecule has 0 spiro atoms. The van der Waals surface area contributed by atoms with Crippen molar-refractivity contribution in [3.63, 3.8) is 0 Å². The number of ether oxygens (including phenoxy) is 1. The van der Waals surface area contributed by atoms with Gasteiger partial charge in [-0.15, -0.1) is 0 Å². The molecule has 0 N–H and O–H groups in total. The molecule has 0 aromatic rings. The molecule has 3 heteroatoms. The molecule has 1 atom stereocenters. The molecule has 0 radical (unpaired) electrons. The molecule has 2 heterocycles. The van der Waals surface area contributed by atoms with E-state index in [2.05, 4.69) is 5.16 Å². The second-order valence-corrected chi connectivity index (χ2v) is 3.29. The minimum absolute atomic E-state index is 0.179. The largest absolute Gasteiger partial charge is 0.395 e. The Labute approximate surface area is 60.0 Å². The van der Waals surface area contributed by atoms with Gasteiger partial charge < -0.3 is 9.57 Å². The first-order valence-electron chi connectivity index (χ1n) is 3.54. The molecule has 0 aliphatic carbocycles. The van der Waals surface area contributed by atoms with Crippen LogP contribution in [0.2, 0.25) is 0 Å². The molecular formula is C7H11NO2. The van der Waals surface area contributed by atoms with Crippen molar-refractivity contribution in [3.05, 3.63) is 0 Å². The van der Waals surface area contributed by atoms with Gasteiger partial charge in [0.15, 0.2) is 0 Å². The van der Waals surface area contributed by atoms with Crippen LogP contribution < -0.4 is 0 Å². The molecule has 56 valence electrons. The van der Waals surface area contributed by atoms with Gasteiger partial charge in [0.1, 0.15) is 12.2 Å². The van der Waals surface area contributed by atoms with E-state index >= 15 is 0 Å². The lowest BCUT2D eigenvalue weighted by atomic mass is 9.96. The fourth-order valence-electron chi connectivity index (χ4n) is 1.46. The van der Waals surface area contributed by atoms with Gasteiger partial charge in [0.05, 0.1) is 18.2 Å². The lowest BCUT2D eigenvalue weighted by molar-refractivity contribution is 0.0367. The summed E-state index contributed by atoms with van der Waals surface area (Å²) in [6.45, 7) is 5.53. The van der Waals surface area contributed by atoms with Crippen LogP contribution in [0.4, 0.5) is 0 Å². The Kier molecular flexibility index (Phi) is 1.06. The summed E-state index contributed by atoms with van der Waals surface area (Å²) >= 11 is 0. The zero-order valence-corrected chi connectivity index (χ0v) is 6.26. The van der Waals surface area contributed by atoms with Crippen molar-refractivity contribution in [3.8, 4) is 0 Å². The third-order valence-electron chi connectivity index (χ3n) is 2.09. The zero-order chi connectivity index (χ0) is 7.19. The SMILES string of the molecule is CC1(C)OC[C@@H]2CON=C21. The van der Waals surface area contributed by atoms with E-state index < -0.39 is 0 Å². The molecule has 1 saturated heterocycles. The van der Waals surface area contributed by atoms with E-state index in [4.69, 9.17) is 9.57 Å². The van der Waals surface area contributed by atoms with Crippen LogP contribution in [0, 0.1) is 5.92 Å². The maximum Gasteiger partial charge on any atom is 0.127 e. The lowest BCUT2D eigenvalue weighted by Crippen LogP contribution is -2.28. The molecule has 0 aromatic carbocycles. The summed E-state index contributed by atoms with van der Waals surface area (Å²) in [5.74, 6) is 0.426. The van der Waals surface area contributed by atoms with Gasteiger partial charge in [-0.25, -0.2) is 0 Å². The van der Waals surface area contributed by atoms with Crippen LogP contribution in [0.15, 0.2) is 5.16 Å². The highest BCUT2D eigenvalue weighted by Crippen LogP contribution is 2.30. The van der Waals surface area contributed by atoms with Crippen molar-refractivity contribution in [1.82, 2.24) is 0 Å². The molecule has 3 nitrogen and oxygen atoms in total. The molecule has 2 rings (SSSR count). The van der Waals surface area contributed by atoms with E-state index in [9.17, 15) is 0 Å². The van der Waals surface area contributed by atoms with Crippen LogP contribution in [-0.2, 0) is 9.57 Å². The number of hydrogen-bond acceptors (Lipinski definition) is 3. The molecule has 10 heavy (non-hydrogen) atoms. The predicted molar refractivity (Wildman–Crippen MR) is 36.9 cm³/mol. The molecule has 0 unspecified atom stereocenters. The Hall–Kier alpha value is -0.570. The predicted octanol–water partition coefficient (Wildman–Crippen LogP) is 0.798. The highest BCUT2D eigenvalue weighted by Gasteiger charge is 2.43. The third-order valence-corrected chi connectivity index (χ3v) is 2.09. The van der Waals surface area contributed by atoms with Crippen molar-refractivity contribution in [1.29, 1.82) is 0 Å². The fraction of sp³-hybridized carbons (Fsp3) is 0.857. The summed E-state index contributed by atoms with van der Waals surface area (Å²) < 4.78 is 5.50. The highest BCUT2D eigenvalue weighted by atomic mass is 16.6. The van der Waals surface area contributed by atoms with Crippen molar-refractivity contribution < 1.29 is 9.57 Å². The smallest absolute Gasteiger partial charge is 0.127 e. The number of fused-ring (bicyclic) bond motifs is 1. The van der Waals surface area contributed by atoms with Crippen molar-refractivity contribution in [2.24, 2.45) is 11.1 Å². The summed E-state index contributed by atoms with van der Waals surface area (Å²) in [6, 6.07) is 0. The van der Waals surface area contributed by atoms with E-state index in [1.54, 1.807) is 0 Å². The lowest BCUT2D eigenvalue weighted by Gasteiger charge is -2.15. The summed E-state index contributed by atoms with van der Waals surface area (Å²) in [5.41, 5.74) is 0.897. The van der Waals surface area contributed by atoms with Gasteiger partial charge in [0.25, 0.3) is 0 Å². The Balaban J connectivity index is 2.30. The van der Waals surface area contributed by atoms with Gasteiger partial charge in [0.2, 0.25) is 0 Å². The van der Waals surface area contributed by atoms with E-state index in [-0.39, 0.29) is 5.60 Å². The van der Waals surface area contributed by atoms with Gasteiger partial charge >= 0.3 is 0 Å². The van der Waals surface area contributed by atoms with Crippen molar-refractivity contribution in [2.45, 2.75) is 19.4 Å². The van der Waals surface area contributed by atoms with E-state index in [1.807, 2.05) is 13.8 Å². The molecule has 2 aliphatic rings. The van der Waals surface area contributed by atoms with Crippen LogP contribution >= 0.6 is 0 Å². The topological polar surface area (TPSA) is 30.8 Å². The van der Waals surface area contributed by atoms with Gasteiger partial charge in [-0.3, -0.25) is 0 Å². The van der Waals surface area contributed by atoms with Crippen molar-refractivity contribution >= 4 is 5.71 Å². The Morgan fingerprint density at radius 1 is 1.50 bits per heavy atom. The van der Waals surface area contributed by atoms with E-state index in [0.717, 1.165) is 12.3 Å². The maximum atomic E-state index is 5.50. The van der Waals surface area contributed by atoms with Gasteiger partial charge in [-0.2, -0.15) is 0 Å². The van der Waals surface area contributed by atoms with Crippen LogP contribution in [0.1, 0.15) is 13.8 Å². The number of oxime groups is 1. The van der Waals surface area contributed by atoms with Crippen molar-refractivity contribution in [2.75, 3.05) is 13.2 Å². The maximum absolute atomic E-state index is 5.50. The summed E-state index contributed by atoms with van der Waals surface area (Å²) in [6.07, 6.45) is 0. The van der Waals surface area contributed by atoms with Crippen LogP contribution in [0.25, 0.3) is 0 Å². The second kappa shape index (κ2) is 1.72. The van der Waals surface area contributed by atoms with Gasteiger partial charge in [-0.1, -0.05) is 5.16 Å². The second-order valence-electron chi connectivity index (χ2n) is 3.29. The normalized spacial score (nSPS) is 35.0. The Morgan fingerprint density at radius 2 is 2.30 bits per heavy atom. The fourth-order valence-corrected chi connectivity index (χ4v) is 1.46. The van der Waals surface area contributed by atoms with Gasteiger partial charge in [0, 0.05) is 0 Å². The molecule has 0 saturated carbocycles. The summed E-state index contributed by atoms with van der Waals surface area (Å²) in [7, 11) is 0. The average Bonchev–Trinajstić information content (AvgIpc) is 2.36. The molecule has 0 bridgehead atoms. The zero-order valence-electron chi connectivity index (χ0n) is 6.26. The first-order valence-corrected chi connectivity index (χ1v) is 3.54. The third kappa shape index (κ3) is 0.669. The first kappa shape index (κ1) is 6.16. The molecule has 0 aromatic heterocycles. The Bertz CT molecular complexity index is 186. The minimum atomic E-state index is -0.179. The molecule has 1 fully saturated rings. The number of rotatable bonds is 0. The summed E-state index contributed by atoms with van der Waals surface area (Å²) in [4.78, 5) is 4.96. The summed E-state index contributed by atoms with van der Waals surface area (Å²) in [5, 5.41) is 3.94. The van der Waals surface area contributed by atoms with Gasteiger partial charge in [-0.05, 0) is 13.8 Å². The average molecular weight is 141 g/mol. The Morgan fingerprint density at radius 3 is 3.00 bits per heavy atom. The number of nitrogens with zero attached hydrogens (tertiary/aromatic N) is 1. The molecule has 2 aliphatic heterocycles. The van der Waals surface area contributed by atoms with Crippen LogP contribution in [-0.4, -0.2) is 24.5 Å². The van der Waals surface area contributed by atoms with E-state index in [0.29, 0.717) is 12.5 Å². The first-order chi connectivity index (χ1) is 4.70. The highest BCUT2D eigenvalue weighted by molar-refractivity contribution is 5.96.